The van der Waals surface area contributed by atoms with Crippen LogP contribution in [0.5, 0.6) is 0 Å². The van der Waals surface area contributed by atoms with E-state index < -0.39 is 0 Å². The second-order valence-electron chi connectivity index (χ2n) is 9.03. The minimum atomic E-state index is 0. The zero-order valence-corrected chi connectivity index (χ0v) is 22.7. The Labute approximate surface area is 216 Å². The van der Waals surface area contributed by atoms with Gasteiger partial charge in [0.1, 0.15) is 0 Å². The Morgan fingerprint density at radius 3 is 2.45 bits per heavy atom. The van der Waals surface area contributed by atoms with Crippen LogP contribution in [0.1, 0.15) is 42.9 Å². The lowest BCUT2D eigenvalue weighted by Gasteiger charge is -2.34. The van der Waals surface area contributed by atoms with Crippen LogP contribution in [0.25, 0.3) is 0 Å². The van der Waals surface area contributed by atoms with Gasteiger partial charge in [0.15, 0.2) is 5.96 Å². The monoisotopic (exact) mass is 565 g/mol. The summed E-state index contributed by atoms with van der Waals surface area (Å²) in [7, 11) is 1.99. The molecule has 1 aromatic carbocycles. The normalized spacial score (nSPS) is 20.2. The first-order valence-corrected chi connectivity index (χ1v) is 12.2. The van der Waals surface area contributed by atoms with Gasteiger partial charge in [0.2, 0.25) is 0 Å². The van der Waals surface area contributed by atoms with Gasteiger partial charge in [-0.2, -0.15) is 5.10 Å². The minimum absolute atomic E-state index is 0. The topological polar surface area (TPSA) is 51.9 Å². The average molecular weight is 566 g/mol. The van der Waals surface area contributed by atoms with Crippen molar-refractivity contribution in [2.75, 3.05) is 52.4 Å². The molecule has 3 heterocycles. The molecule has 2 aromatic rings. The number of hydrogen-bond donors (Lipinski definition) is 1. The molecule has 7 nitrogen and oxygen atoms in total. The Balaban J connectivity index is 0.00000306. The Morgan fingerprint density at radius 1 is 1.06 bits per heavy atom. The van der Waals surface area contributed by atoms with Crippen molar-refractivity contribution in [2.45, 2.75) is 39.3 Å². The number of nitrogens with zero attached hydrogens (tertiary/aromatic N) is 6. The van der Waals surface area contributed by atoms with E-state index in [4.69, 9.17) is 4.99 Å². The van der Waals surface area contributed by atoms with Crippen molar-refractivity contribution in [3.8, 4) is 0 Å². The van der Waals surface area contributed by atoms with Gasteiger partial charge in [0, 0.05) is 71.5 Å². The number of guanidine groups is 1. The highest BCUT2D eigenvalue weighted by Crippen LogP contribution is 2.27. The number of rotatable bonds is 7. The molecule has 2 aliphatic heterocycles. The van der Waals surface area contributed by atoms with E-state index in [1.54, 1.807) is 0 Å². The first kappa shape index (κ1) is 26.0. The molecule has 8 heteroatoms. The smallest absolute Gasteiger partial charge is 0.194 e. The lowest BCUT2D eigenvalue weighted by atomic mass is 10.0. The molecule has 1 atom stereocenters. The Morgan fingerprint density at radius 2 is 1.79 bits per heavy atom. The van der Waals surface area contributed by atoms with Crippen LogP contribution in [0.4, 0.5) is 0 Å². The summed E-state index contributed by atoms with van der Waals surface area (Å²) in [5.41, 5.74) is 4.08. The highest BCUT2D eigenvalue weighted by atomic mass is 127. The molecule has 2 fully saturated rings. The quantitative estimate of drug-likeness (QED) is 0.318. The highest BCUT2D eigenvalue weighted by Gasteiger charge is 2.27. The molecule has 0 radical (unpaired) electrons. The van der Waals surface area contributed by atoms with E-state index in [1.165, 1.54) is 29.8 Å². The molecule has 0 bridgehead atoms. The number of aryl methyl sites for hydroxylation is 1. The van der Waals surface area contributed by atoms with Gasteiger partial charge in [-0.15, -0.1) is 24.0 Å². The van der Waals surface area contributed by atoms with Crippen molar-refractivity contribution < 1.29 is 0 Å². The van der Waals surface area contributed by atoms with Gasteiger partial charge in [0.05, 0.1) is 12.7 Å². The van der Waals surface area contributed by atoms with Crippen molar-refractivity contribution in [1.82, 2.24) is 29.8 Å². The summed E-state index contributed by atoms with van der Waals surface area (Å²) in [6.07, 6.45) is 5.31. The number of aromatic nitrogens is 2. The van der Waals surface area contributed by atoms with Gasteiger partial charge < -0.3 is 15.1 Å². The van der Waals surface area contributed by atoms with Crippen molar-refractivity contribution in [3.05, 3.63) is 53.3 Å². The van der Waals surface area contributed by atoms with E-state index in [2.05, 4.69) is 69.4 Å². The molecule has 182 valence electrons. The summed E-state index contributed by atoms with van der Waals surface area (Å²) in [4.78, 5) is 12.6. The van der Waals surface area contributed by atoms with E-state index >= 15 is 0 Å². The van der Waals surface area contributed by atoms with Gasteiger partial charge in [-0.1, -0.05) is 31.2 Å². The van der Waals surface area contributed by atoms with Crippen molar-refractivity contribution in [3.63, 3.8) is 0 Å². The molecule has 0 aliphatic carbocycles. The average Bonchev–Trinajstić information content (AvgIpc) is 3.47. The fourth-order valence-electron chi connectivity index (χ4n) is 4.83. The zero-order chi connectivity index (χ0) is 22.3. The summed E-state index contributed by atoms with van der Waals surface area (Å²) in [6, 6.07) is 8.82. The molecule has 0 amide bonds. The molecular formula is C25H40IN7. The largest absolute Gasteiger partial charge is 0.357 e. The third-order valence-corrected chi connectivity index (χ3v) is 6.84. The van der Waals surface area contributed by atoms with Crippen LogP contribution in [0.3, 0.4) is 0 Å². The summed E-state index contributed by atoms with van der Waals surface area (Å²) in [5.74, 6) is 1.56. The number of halogens is 1. The molecule has 1 unspecified atom stereocenters. The fraction of sp³-hybridized carbons (Fsp3) is 0.600. The summed E-state index contributed by atoms with van der Waals surface area (Å²) in [5, 5.41) is 7.88. The molecule has 2 saturated heterocycles. The maximum absolute atomic E-state index is 5.06. The second-order valence-corrected chi connectivity index (χ2v) is 9.03. The number of aliphatic imine (C=N–C) groups is 1. The molecule has 2 aliphatic rings. The van der Waals surface area contributed by atoms with Crippen LogP contribution in [0, 0.1) is 0 Å². The van der Waals surface area contributed by atoms with Gasteiger partial charge >= 0.3 is 0 Å². The van der Waals surface area contributed by atoms with Crippen molar-refractivity contribution >= 4 is 29.9 Å². The van der Waals surface area contributed by atoms with Gasteiger partial charge in [0.25, 0.3) is 0 Å². The SMILES string of the molecule is CCNC(=NCc1ccccc1CN1CCN(CC)CC1)N1CCC(c2cnn(C)c2)C1.I. The predicted octanol–water partition coefficient (Wildman–Crippen LogP) is 3.13. The number of nitrogens with one attached hydrogen (secondary N) is 1. The maximum Gasteiger partial charge on any atom is 0.194 e. The highest BCUT2D eigenvalue weighted by molar-refractivity contribution is 14.0. The zero-order valence-electron chi connectivity index (χ0n) is 20.4. The predicted molar refractivity (Wildman–Crippen MR) is 146 cm³/mol. The second kappa shape index (κ2) is 12.7. The number of piperazine rings is 1. The Bertz CT molecular complexity index is 888. The number of hydrogen-bond acceptors (Lipinski definition) is 4. The van der Waals surface area contributed by atoms with E-state index in [-0.39, 0.29) is 24.0 Å². The summed E-state index contributed by atoms with van der Waals surface area (Å²) < 4.78 is 1.90. The molecule has 33 heavy (non-hydrogen) atoms. The first-order chi connectivity index (χ1) is 15.7. The van der Waals surface area contributed by atoms with Crippen LogP contribution < -0.4 is 5.32 Å². The van der Waals surface area contributed by atoms with Gasteiger partial charge in [-0.3, -0.25) is 9.58 Å². The molecule has 1 N–H and O–H groups in total. The molecule has 0 saturated carbocycles. The fourth-order valence-corrected chi connectivity index (χ4v) is 4.83. The molecule has 4 rings (SSSR count). The summed E-state index contributed by atoms with van der Waals surface area (Å²) in [6.45, 7) is 14.9. The molecule has 1 aromatic heterocycles. The third kappa shape index (κ3) is 6.93. The minimum Gasteiger partial charge on any atom is -0.357 e. The first-order valence-electron chi connectivity index (χ1n) is 12.2. The van der Waals surface area contributed by atoms with Gasteiger partial charge in [-0.05, 0) is 36.6 Å². The van der Waals surface area contributed by atoms with Crippen LogP contribution >= 0.6 is 24.0 Å². The van der Waals surface area contributed by atoms with Gasteiger partial charge in [-0.25, -0.2) is 4.99 Å². The van der Waals surface area contributed by atoms with Crippen molar-refractivity contribution in [2.24, 2.45) is 12.0 Å². The summed E-state index contributed by atoms with van der Waals surface area (Å²) >= 11 is 0. The molecule has 0 spiro atoms. The van der Waals surface area contributed by atoms with E-state index in [0.717, 1.165) is 64.7 Å². The number of likely N-dealkylation sites (N-methyl/N-ethyl adjacent to an activating group) is 1. The van der Waals surface area contributed by atoms with Crippen LogP contribution in [-0.4, -0.2) is 82.8 Å². The van der Waals surface area contributed by atoms with E-state index in [9.17, 15) is 0 Å². The van der Waals surface area contributed by atoms with Crippen LogP contribution in [0.15, 0.2) is 41.7 Å². The number of benzene rings is 1. The van der Waals surface area contributed by atoms with Crippen molar-refractivity contribution in [1.29, 1.82) is 0 Å². The van der Waals surface area contributed by atoms with E-state index in [0.29, 0.717) is 5.92 Å². The standard InChI is InChI=1S/C25H39N7.HI/c1-4-26-25(32-11-10-23(20-32)24-17-28-29(3)18-24)27-16-21-8-6-7-9-22(21)19-31-14-12-30(5-2)13-15-31;/h6-9,17-18,23H,4-5,10-16,19-20H2,1-3H3,(H,26,27);1H. The van der Waals surface area contributed by atoms with Crippen LogP contribution in [0.2, 0.25) is 0 Å². The maximum atomic E-state index is 5.06. The number of likely N-dealkylation sites (tertiary alicyclic amines) is 1. The Hall–Kier alpha value is -1.65. The lowest BCUT2D eigenvalue weighted by molar-refractivity contribution is 0.131. The van der Waals surface area contributed by atoms with E-state index in [1.807, 2.05) is 17.9 Å². The Kier molecular flexibility index (Phi) is 10.0. The lowest BCUT2D eigenvalue weighted by Crippen LogP contribution is -2.45. The third-order valence-electron chi connectivity index (χ3n) is 6.84. The van der Waals surface area contributed by atoms with Crippen LogP contribution in [-0.2, 0) is 20.1 Å². The molecular weight excluding hydrogens is 525 g/mol.